The number of hydrogen-bond acceptors (Lipinski definition) is 3. The lowest BCUT2D eigenvalue weighted by Crippen LogP contribution is -2.40. The number of carbonyl (C=O) groups excluding carboxylic acids is 2. The van der Waals surface area contributed by atoms with E-state index >= 15 is 0 Å². The van der Waals surface area contributed by atoms with E-state index < -0.39 is 0 Å². The van der Waals surface area contributed by atoms with Crippen LogP contribution in [0.15, 0.2) is 54.2 Å². The largest absolute Gasteiger partial charge is 0.340 e. The zero-order chi connectivity index (χ0) is 19.9. The van der Waals surface area contributed by atoms with Gasteiger partial charge in [-0.3, -0.25) is 9.59 Å². The molecule has 1 aliphatic heterocycles. The first-order chi connectivity index (χ1) is 14.1. The molecular weight excluding hydrogens is 362 g/mol. The van der Waals surface area contributed by atoms with Crippen molar-refractivity contribution in [2.75, 3.05) is 0 Å². The Morgan fingerprint density at radius 1 is 1.10 bits per heavy atom. The summed E-state index contributed by atoms with van der Waals surface area (Å²) in [7, 11) is 0. The van der Waals surface area contributed by atoms with Crippen molar-refractivity contribution in [3.05, 3.63) is 60.3 Å². The van der Waals surface area contributed by atoms with Gasteiger partial charge in [0.1, 0.15) is 0 Å². The maximum absolute atomic E-state index is 13.1. The molecule has 2 saturated carbocycles. The van der Waals surface area contributed by atoms with Gasteiger partial charge in [-0.2, -0.15) is 10.1 Å². The number of para-hydroxylation sites is 1. The molecule has 146 valence electrons. The first-order valence-electron chi connectivity index (χ1n) is 10.4. The smallest absolute Gasteiger partial charge is 0.254 e. The topological polar surface area (TPSA) is 54.7 Å². The molecule has 7 rings (SSSR count). The van der Waals surface area contributed by atoms with E-state index in [2.05, 4.69) is 34.5 Å². The molecule has 1 saturated heterocycles. The van der Waals surface area contributed by atoms with Gasteiger partial charge in [-0.05, 0) is 43.1 Å². The molecule has 2 amide bonds. The summed E-state index contributed by atoms with van der Waals surface area (Å²) in [6.07, 6.45) is 9.10. The predicted molar refractivity (Wildman–Crippen MR) is 111 cm³/mol. The van der Waals surface area contributed by atoms with Gasteiger partial charge in [0.05, 0.1) is 18.1 Å². The molecule has 2 bridgehead atoms. The molecule has 3 fully saturated rings. The van der Waals surface area contributed by atoms with Crippen molar-refractivity contribution in [2.45, 2.75) is 19.9 Å². The molecule has 4 aliphatic carbocycles. The third-order valence-electron chi connectivity index (χ3n) is 7.53. The lowest BCUT2D eigenvalue weighted by atomic mass is 9.63. The van der Waals surface area contributed by atoms with Crippen molar-refractivity contribution < 1.29 is 9.59 Å². The van der Waals surface area contributed by atoms with Crippen LogP contribution in [0.5, 0.6) is 0 Å². The second kappa shape index (κ2) is 5.78. The number of benzene rings is 1. The minimum atomic E-state index is -0.207. The van der Waals surface area contributed by atoms with Crippen molar-refractivity contribution in [3.8, 4) is 0 Å². The van der Waals surface area contributed by atoms with Gasteiger partial charge in [0, 0.05) is 28.7 Å². The highest BCUT2D eigenvalue weighted by Crippen LogP contribution is 2.65. The number of hydrogen-bond donors (Lipinski definition) is 0. The number of imide groups is 1. The third-order valence-corrected chi connectivity index (χ3v) is 7.53. The van der Waals surface area contributed by atoms with E-state index in [9.17, 15) is 9.59 Å². The molecule has 0 unspecified atom stereocenters. The molecule has 29 heavy (non-hydrogen) atoms. The molecule has 0 radical (unpaired) electrons. The third kappa shape index (κ3) is 2.13. The number of amides is 2. The lowest BCUT2D eigenvalue weighted by Gasteiger charge is -2.37. The van der Waals surface area contributed by atoms with Crippen molar-refractivity contribution in [2.24, 2.45) is 40.6 Å². The summed E-state index contributed by atoms with van der Waals surface area (Å²) in [5, 5.41) is 6.67. The standard InChI is InChI=1S/C24H23N3O2/c1-3-10-26-13(2)19(14-6-4-5-7-20(14)26)12-25-27-23(28)21-15-8-9-16(18-11-17(15)18)22(21)24(27)29/h3-9,12,15-18,21-22H,1,10-11H2,2H3/b25-12-/t15-,16-,17-,18-,21+,22+/m1/s1. The Hall–Kier alpha value is -2.95. The molecule has 0 spiro atoms. The maximum atomic E-state index is 13.1. The van der Waals surface area contributed by atoms with E-state index in [4.69, 9.17) is 0 Å². The van der Waals surface area contributed by atoms with Gasteiger partial charge in [0.2, 0.25) is 0 Å². The molecule has 6 atom stereocenters. The molecule has 0 N–H and O–H groups in total. The summed E-state index contributed by atoms with van der Waals surface area (Å²) in [4.78, 5) is 26.2. The van der Waals surface area contributed by atoms with Crippen molar-refractivity contribution >= 4 is 28.9 Å². The van der Waals surface area contributed by atoms with Crippen LogP contribution < -0.4 is 0 Å². The van der Waals surface area contributed by atoms with E-state index in [1.807, 2.05) is 31.2 Å². The van der Waals surface area contributed by atoms with Gasteiger partial charge in [-0.1, -0.05) is 36.4 Å². The SMILES string of the molecule is C=CCn1c(C)c(/C=N\N2C(=O)[C@H]3[C@@H]4C=C[C@H]([C@H]5C[C@H]45)[C@@H]3C2=O)c2ccccc21. The van der Waals surface area contributed by atoms with Gasteiger partial charge in [0.15, 0.2) is 0 Å². The van der Waals surface area contributed by atoms with Crippen LogP contribution in [0.2, 0.25) is 0 Å². The van der Waals surface area contributed by atoms with Crippen LogP contribution in [0.1, 0.15) is 17.7 Å². The Morgan fingerprint density at radius 2 is 1.76 bits per heavy atom. The van der Waals surface area contributed by atoms with Gasteiger partial charge < -0.3 is 4.57 Å². The normalized spacial score (nSPS) is 34.3. The highest BCUT2D eigenvalue weighted by atomic mass is 16.2. The van der Waals surface area contributed by atoms with Crippen LogP contribution >= 0.6 is 0 Å². The lowest BCUT2D eigenvalue weighted by molar-refractivity contribution is -0.140. The van der Waals surface area contributed by atoms with E-state index in [1.165, 1.54) is 6.42 Å². The molecule has 2 aromatic rings. The zero-order valence-corrected chi connectivity index (χ0v) is 16.4. The zero-order valence-electron chi connectivity index (χ0n) is 16.4. The van der Waals surface area contributed by atoms with Crippen molar-refractivity contribution in [1.82, 2.24) is 9.58 Å². The van der Waals surface area contributed by atoms with E-state index in [1.54, 1.807) is 6.21 Å². The molecule has 5 nitrogen and oxygen atoms in total. The molecule has 2 heterocycles. The second-order valence-corrected chi connectivity index (χ2v) is 8.80. The first kappa shape index (κ1) is 17.0. The number of aromatic nitrogens is 1. The summed E-state index contributed by atoms with van der Waals surface area (Å²) in [6, 6.07) is 8.12. The highest BCUT2D eigenvalue weighted by molar-refractivity contribution is 6.08. The molecular formula is C24H23N3O2. The van der Waals surface area contributed by atoms with Gasteiger partial charge in [-0.15, -0.1) is 6.58 Å². The Morgan fingerprint density at radius 3 is 2.41 bits per heavy atom. The number of allylic oxidation sites excluding steroid dienone is 3. The summed E-state index contributed by atoms with van der Waals surface area (Å²) in [5.74, 6) is 1.01. The Kier molecular flexibility index (Phi) is 3.38. The fourth-order valence-corrected chi connectivity index (χ4v) is 6.16. The van der Waals surface area contributed by atoms with Gasteiger partial charge in [-0.25, -0.2) is 0 Å². The average Bonchev–Trinajstić information content (AvgIpc) is 3.47. The molecule has 1 aromatic heterocycles. The number of carbonyl (C=O) groups is 2. The summed E-state index contributed by atoms with van der Waals surface area (Å²) < 4.78 is 2.18. The Bertz CT molecular complexity index is 1100. The Balaban J connectivity index is 1.37. The van der Waals surface area contributed by atoms with Crippen LogP contribution in [0.25, 0.3) is 10.9 Å². The van der Waals surface area contributed by atoms with Crippen LogP contribution in [0.3, 0.4) is 0 Å². The Labute approximate surface area is 169 Å². The molecule has 5 aliphatic rings. The van der Waals surface area contributed by atoms with Crippen molar-refractivity contribution in [1.29, 1.82) is 0 Å². The van der Waals surface area contributed by atoms with Crippen LogP contribution in [0.4, 0.5) is 0 Å². The first-order valence-corrected chi connectivity index (χ1v) is 10.4. The fraction of sp³-hybridized carbons (Fsp3) is 0.375. The molecule has 1 aromatic carbocycles. The maximum Gasteiger partial charge on any atom is 0.254 e. The van der Waals surface area contributed by atoms with Crippen LogP contribution in [-0.2, 0) is 16.1 Å². The van der Waals surface area contributed by atoms with E-state index in [0.29, 0.717) is 18.4 Å². The quantitative estimate of drug-likeness (QED) is 0.459. The summed E-state index contributed by atoms with van der Waals surface area (Å²) in [6.45, 7) is 6.59. The summed E-state index contributed by atoms with van der Waals surface area (Å²) >= 11 is 0. The number of fused-ring (bicyclic) bond motifs is 1. The van der Waals surface area contributed by atoms with Crippen LogP contribution in [0, 0.1) is 42.4 Å². The van der Waals surface area contributed by atoms with Crippen molar-refractivity contribution in [3.63, 3.8) is 0 Å². The van der Waals surface area contributed by atoms with Gasteiger partial charge in [0.25, 0.3) is 11.8 Å². The predicted octanol–water partition coefficient (Wildman–Crippen LogP) is 3.52. The number of nitrogens with zero attached hydrogens (tertiary/aromatic N) is 3. The monoisotopic (exact) mass is 385 g/mol. The van der Waals surface area contributed by atoms with E-state index in [0.717, 1.165) is 27.2 Å². The number of hydrazone groups is 1. The summed E-state index contributed by atoms with van der Waals surface area (Å²) in [5.41, 5.74) is 3.10. The fourth-order valence-electron chi connectivity index (χ4n) is 6.16. The van der Waals surface area contributed by atoms with Gasteiger partial charge >= 0.3 is 0 Å². The second-order valence-electron chi connectivity index (χ2n) is 8.80. The molecule has 5 heteroatoms. The minimum absolute atomic E-state index is 0.117. The number of rotatable bonds is 4. The van der Waals surface area contributed by atoms with Crippen LogP contribution in [-0.4, -0.2) is 27.6 Å². The van der Waals surface area contributed by atoms with E-state index in [-0.39, 0.29) is 35.5 Å². The minimum Gasteiger partial charge on any atom is -0.340 e. The highest BCUT2D eigenvalue weighted by Gasteiger charge is 2.67. The average molecular weight is 385 g/mol.